The van der Waals surface area contributed by atoms with Crippen LogP contribution in [0.4, 0.5) is 5.69 Å². The van der Waals surface area contributed by atoms with Crippen molar-refractivity contribution in [2.45, 2.75) is 13.8 Å². The number of anilines is 1. The van der Waals surface area contributed by atoms with E-state index in [-0.39, 0.29) is 11.8 Å². The molecular weight excluding hydrogens is 228 g/mol. The van der Waals surface area contributed by atoms with Gasteiger partial charge in [0.2, 0.25) is 5.17 Å². The van der Waals surface area contributed by atoms with Gasteiger partial charge in [-0.3, -0.25) is 5.43 Å². The molecule has 0 spiro atoms. The van der Waals surface area contributed by atoms with E-state index in [9.17, 15) is 4.79 Å². The van der Waals surface area contributed by atoms with Gasteiger partial charge < -0.3 is 4.74 Å². The van der Waals surface area contributed by atoms with Crippen molar-refractivity contribution in [2.24, 2.45) is 5.10 Å². The molecule has 0 saturated heterocycles. The van der Waals surface area contributed by atoms with E-state index in [0.29, 0.717) is 0 Å². The number of ether oxygens (including phenoxy) is 1. The highest BCUT2D eigenvalue weighted by atomic mass is 35.5. The monoisotopic (exact) mass is 240 g/mol. The molecule has 1 aromatic rings. The molecule has 0 aromatic heterocycles. The predicted octanol–water partition coefficient (Wildman–Crippen LogP) is 2.52. The van der Waals surface area contributed by atoms with E-state index in [1.54, 1.807) is 6.92 Å². The molecule has 1 rings (SSSR count). The Balaban J connectivity index is 2.62. The average molecular weight is 241 g/mol. The van der Waals surface area contributed by atoms with Crippen molar-refractivity contribution >= 4 is 28.4 Å². The Morgan fingerprint density at radius 2 is 2.31 bits per heavy atom. The molecule has 0 aliphatic carbocycles. The fourth-order valence-corrected chi connectivity index (χ4v) is 1.16. The number of halogens is 1. The molecule has 5 heteroatoms. The molecule has 16 heavy (non-hydrogen) atoms. The van der Waals surface area contributed by atoms with E-state index in [2.05, 4.69) is 15.3 Å². The maximum absolute atomic E-state index is 11.1. The van der Waals surface area contributed by atoms with Crippen LogP contribution in [-0.2, 0) is 9.53 Å². The minimum atomic E-state index is -0.635. The molecule has 0 heterocycles. The quantitative estimate of drug-likeness (QED) is 0.500. The summed E-state index contributed by atoms with van der Waals surface area (Å²) >= 11 is 5.61. The second-order valence-corrected chi connectivity index (χ2v) is 3.46. The number of hydrogen-bond acceptors (Lipinski definition) is 4. The Morgan fingerprint density at radius 3 is 2.94 bits per heavy atom. The minimum absolute atomic E-state index is 0.219. The smallest absolute Gasteiger partial charge is 0.370 e. The van der Waals surface area contributed by atoms with Crippen molar-refractivity contribution in [1.29, 1.82) is 0 Å². The standard InChI is InChI=1S/C11H13ClN2O2/c1-3-16-11(15)10(12)14-13-9-6-4-5-8(2)7-9/h4-7,13H,3H2,1-2H3/b14-10-. The Morgan fingerprint density at radius 1 is 1.56 bits per heavy atom. The number of nitrogens with one attached hydrogen (secondary N) is 1. The minimum Gasteiger partial charge on any atom is -0.461 e. The summed E-state index contributed by atoms with van der Waals surface area (Å²) in [5.74, 6) is -0.635. The molecule has 0 fully saturated rings. The summed E-state index contributed by atoms with van der Waals surface area (Å²) in [7, 11) is 0. The van der Waals surface area contributed by atoms with E-state index in [1.807, 2.05) is 31.2 Å². The third-order valence-electron chi connectivity index (χ3n) is 1.75. The van der Waals surface area contributed by atoms with Crippen LogP contribution in [0.15, 0.2) is 29.4 Å². The summed E-state index contributed by atoms with van der Waals surface area (Å²) in [6.07, 6.45) is 0. The number of hydrazone groups is 1. The van der Waals surface area contributed by atoms with Crippen LogP contribution in [0.25, 0.3) is 0 Å². The van der Waals surface area contributed by atoms with Gasteiger partial charge in [0, 0.05) is 0 Å². The van der Waals surface area contributed by atoms with Gasteiger partial charge in [-0.25, -0.2) is 4.79 Å². The first-order chi connectivity index (χ1) is 7.63. The highest BCUT2D eigenvalue weighted by Gasteiger charge is 2.08. The molecule has 0 aliphatic rings. The molecule has 1 aromatic carbocycles. The van der Waals surface area contributed by atoms with Gasteiger partial charge in [0.1, 0.15) is 0 Å². The molecule has 86 valence electrons. The Labute approximate surface area is 99.2 Å². The molecule has 0 radical (unpaired) electrons. The number of rotatable bonds is 4. The lowest BCUT2D eigenvalue weighted by Crippen LogP contribution is -2.13. The fourth-order valence-electron chi connectivity index (χ4n) is 1.06. The van der Waals surface area contributed by atoms with E-state index >= 15 is 0 Å². The van der Waals surface area contributed by atoms with Crippen LogP contribution in [-0.4, -0.2) is 17.7 Å². The van der Waals surface area contributed by atoms with Crippen molar-refractivity contribution < 1.29 is 9.53 Å². The molecule has 0 unspecified atom stereocenters. The zero-order valence-corrected chi connectivity index (χ0v) is 9.91. The lowest BCUT2D eigenvalue weighted by molar-refractivity contribution is -0.134. The van der Waals surface area contributed by atoms with E-state index in [0.717, 1.165) is 11.3 Å². The molecule has 0 aliphatic heterocycles. The number of aryl methyl sites for hydroxylation is 1. The first-order valence-electron chi connectivity index (χ1n) is 4.86. The average Bonchev–Trinajstić information content (AvgIpc) is 2.26. The topological polar surface area (TPSA) is 50.7 Å². The normalized spacial score (nSPS) is 11.1. The van der Waals surface area contributed by atoms with Crippen LogP contribution in [0, 0.1) is 6.92 Å². The Hall–Kier alpha value is -1.55. The van der Waals surface area contributed by atoms with Crippen molar-refractivity contribution in [3.8, 4) is 0 Å². The second kappa shape index (κ2) is 6.12. The highest BCUT2D eigenvalue weighted by Crippen LogP contribution is 2.09. The van der Waals surface area contributed by atoms with Gasteiger partial charge in [0.05, 0.1) is 12.3 Å². The Bertz CT molecular complexity index is 405. The van der Waals surface area contributed by atoms with E-state index in [1.165, 1.54) is 0 Å². The lowest BCUT2D eigenvalue weighted by Gasteiger charge is -2.02. The molecule has 0 atom stereocenters. The van der Waals surface area contributed by atoms with Gasteiger partial charge in [0.25, 0.3) is 0 Å². The van der Waals surface area contributed by atoms with Crippen LogP contribution in [0.3, 0.4) is 0 Å². The Kier molecular flexibility index (Phi) is 4.79. The molecule has 1 N–H and O–H groups in total. The van der Waals surface area contributed by atoms with Gasteiger partial charge >= 0.3 is 5.97 Å². The van der Waals surface area contributed by atoms with Crippen LogP contribution < -0.4 is 5.43 Å². The number of carbonyl (C=O) groups is 1. The number of carbonyl (C=O) groups excluding carboxylic acids is 1. The first kappa shape index (κ1) is 12.5. The highest BCUT2D eigenvalue weighted by molar-refractivity contribution is 6.82. The van der Waals surface area contributed by atoms with Crippen molar-refractivity contribution in [3.63, 3.8) is 0 Å². The molecule has 4 nitrogen and oxygen atoms in total. The first-order valence-corrected chi connectivity index (χ1v) is 5.24. The SMILES string of the molecule is CCOC(=O)/C(Cl)=N/Nc1cccc(C)c1. The number of benzene rings is 1. The fraction of sp³-hybridized carbons (Fsp3) is 0.273. The second-order valence-electron chi connectivity index (χ2n) is 3.10. The molecule has 0 amide bonds. The zero-order chi connectivity index (χ0) is 12.0. The van der Waals surface area contributed by atoms with Gasteiger partial charge in [-0.1, -0.05) is 23.7 Å². The lowest BCUT2D eigenvalue weighted by atomic mass is 10.2. The number of nitrogens with zero attached hydrogens (tertiary/aromatic N) is 1. The maximum atomic E-state index is 11.1. The zero-order valence-electron chi connectivity index (χ0n) is 9.16. The van der Waals surface area contributed by atoms with Crippen molar-refractivity contribution in [3.05, 3.63) is 29.8 Å². The third kappa shape index (κ3) is 3.90. The van der Waals surface area contributed by atoms with Gasteiger partial charge in [-0.2, -0.15) is 5.10 Å². The molecule has 0 saturated carbocycles. The predicted molar refractivity (Wildman–Crippen MR) is 64.7 cm³/mol. The van der Waals surface area contributed by atoms with E-state index in [4.69, 9.17) is 11.6 Å². The van der Waals surface area contributed by atoms with Crippen LogP contribution in [0.2, 0.25) is 0 Å². The largest absolute Gasteiger partial charge is 0.461 e. The van der Waals surface area contributed by atoms with Crippen LogP contribution in [0.1, 0.15) is 12.5 Å². The third-order valence-corrected chi connectivity index (χ3v) is 1.98. The maximum Gasteiger partial charge on any atom is 0.370 e. The van der Waals surface area contributed by atoms with E-state index < -0.39 is 5.97 Å². The van der Waals surface area contributed by atoms with Crippen LogP contribution >= 0.6 is 11.6 Å². The number of esters is 1. The molecular formula is C11H13ClN2O2. The van der Waals surface area contributed by atoms with Gasteiger partial charge in [-0.05, 0) is 31.5 Å². The summed E-state index contributed by atoms with van der Waals surface area (Å²) in [5.41, 5.74) is 4.54. The summed E-state index contributed by atoms with van der Waals surface area (Å²) in [5, 5.41) is 3.49. The van der Waals surface area contributed by atoms with Crippen molar-refractivity contribution in [2.75, 3.05) is 12.0 Å². The van der Waals surface area contributed by atoms with Gasteiger partial charge in [0.15, 0.2) is 0 Å². The number of hydrogen-bond donors (Lipinski definition) is 1. The summed E-state index contributed by atoms with van der Waals surface area (Å²) in [6.45, 7) is 3.94. The van der Waals surface area contributed by atoms with Gasteiger partial charge in [-0.15, -0.1) is 0 Å². The summed E-state index contributed by atoms with van der Waals surface area (Å²) < 4.78 is 4.67. The van der Waals surface area contributed by atoms with Crippen LogP contribution in [0.5, 0.6) is 0 Å². The van der Waals surface area contributed by atoms with Crippen molar-refractivity contribution in [1.82, 2.24) is 0 Å². The molecule has 0 bridgehead atoms. The summed E-state index contributed by atoms with van der Waals surface area (Å²) in [4.78, 5) is 11.1. The summed E-state index contributed by atoms with van der Waals surface area (Å²) in [6, 6.07) is 7.55.